The molecule has 114 valence electrons. The zero-order valence-corrected chi connectivity index (χ0v) is 12.5. The molecule has 0 aliphatic carbocycles. The van der Waals surface area contributed by atoms with Gasteiger partial charge < -0.3 is 9.47 Å². The fourth-order valence-electron chi connectivity index (χ4n) is 2.05. The lowest BCUT2D eigenvalue weighted by Gasteiger charge is -2.10. The summed E-state index contributed by atoms with van der Waals surface area (Å²) >= 11 is 0. The van der Waals surface area contributed by atoms with Crippen molar-refractivity contribution in [3.05, 3.63) is 66.2 Å². The minimum absolute atomic E-state index is 0.298. The molecule has 0 aliphatic rings. The van der Waals surface area contributed by atoms with Crippen LogP contribution in [0.2, 0.25) is 0 Å². The van der Waals surface area contributed by atoms with E-state index in [1.165, 1.54) is 0 Å². The van der Waals surface area contributed by atoms with E-state index < -0.39 is 0 Å². The molecule has 0 aliphatic heterocycles. The first kappa shape index (κ1) is 14.7. The van der Waals surface area contributed by atoms with Crippen molar-refractivity contribution in [2.45, 2.75) is 0 Å². The third-order valence-corrected chi connectivity index (χ3v) is 3.25. The van der Waals surface area contributed by atoms with Crippen molar-refractivity contribution >= 4 is 6.29 Å². The third kappa shape index (κ3) is 3.35. The smallest absolute Gasteiger partial charge is 0.281 e. The number of hydrogen-bond donors (Lipinski definition) is 0. The van der Waals surface area contributed by atoms with E-state index in [9.17, 15) is 4.79 Å². The van der Waals surface area contributed by atoms with Gasteiger partial charge in [-0.05, 0) is 12.1 Å². The molecule has 2 aromatic carbocycles. The van der Waals surface area contributed by atoms with Gasteiger partial charge in [-0.3, -0.25) is 4.79 Å². The summed E-state index contributed by atoms with van der Waals surface area (Å²) in [7, 11) is 1.55. The lowest BCUT2D eigenvalue weighted by atomic mass is 10.1. The van der Waals surface area contributed by atoms with Crippen LogP contribution in [0.15, 0.2) is 60.7 Å². The van der Waals surface area contributed by atoms with Crippen molar-refractivity contribution in [1.82, 2.24) is 10.2 Å². The van der Waals surface area contributed by atoms with E-state index in [-0.39, 0.29) is 0 Å². The SMILES string of the molecule is COc1cc(-c2ccc(C=O)cc2)nnc1Oc1ccccc1. The van der Waals surface area contributed by atoms with Crippen LogP contribution in [0.1, 0.15) is 10.4 Å². The maximum atomic E-state index is 10.7. The fraction of sp³-hybridized carbons (Fsp3) is 0.0556. The van der Waals surface area contributed by atoms with E-state index in [1.807, 2.05) is 42.5 Å². The zero-order chi connectivity index (χ0) is 16.1. The van der Waals surface area contributed by atoms with E-state index >= 15 is 0 Å². The van der Waals surface area contributed by atoms with Crippen LogP contribution in [0.5, 0.6) is 17.4 Å². The summed E-state index contributed by atoms with van der Waals surface area (Å²) in [6, 6.07) is 18.1. The highest BCUT2D eigenvalue weighted by Gasteiger charge is 2.11. The topological polar surface area (TPSA) is 61.3 Å². The molecule has 0 saturated heterocycles. The molecule has 0 atom stereocenters. The first-order chi connectivity index (χ1) is 11.3. The quantitative estimate of drug-likeness (QED) is 0.672. The fourth-order valence-corrected chi connectivity index (χ4v) is 2.05. The Hall–Kier alpha value is -3.21. The number of nitrogens with zero attached hydrogens (tertiary/aromatic N) is 2. The number of hydrogen-bond acceptors (Lipinski definition) is 5. The lowest BCUT2D eigenvalue weighted by Crippen LogP contribution is -1.97. The second-order valence-corrected chi connectivity index (χ2v) is 4.76. The molecule has 23 heavy (non-hydrogen) atoms. The largest absolute Gasteiger partial charge is 0.491 e. The van der Waals surface area contributed by atoms with E-state index in [0.29, 0.717) is 28.6 Å². The number of ether oxygens (including phenoxy) is 2. The highest BCUT2D eigenvalue weighted by Crippen LogP contribution is 2.31. The van der Waals surface area contributed by atoms with Crippen molar-refractivity contribution in [2.75, 3.05) is 7.11 Å². The predicted molar refractivity (Wildman–Crippen MR) is 85.9 cm³/mol. The number of benzene rings is 2. The Morgan fingerprint density at radius 3 is 2.35 bits per heavy atom. The summed E-state index contributed by atoms with van der Waals surface area (Å²) in [6.45, 7) is 0. The molecule has 3 rings (SSSR count). The van der Waals surface area contributed by atoms with E-state index in [1.54, 1.807) is 25.3 Å². The molecule has 0 N–H and O–H groups in total. The number of carbonyl (C=O) groups is 1. The van der Waals surface area contributed by atoms with Crippen LogP contribution in [0, 0.1) is 0 Å². The average molecular weight is 306 g/mol. The van der Waals surface area contributed by atoms with Gasteiger partial charge in [-0.2, -0.15) is 0 Å². The van der Waals surface area contributed by atoms with Crippen LogP contribution in [0.4, 0.5) is 0 Å². The first-order valence-corrected chi connectivity index (χ1v) is 7.00. The Morgan fingerprint density at radius 1 is 0.957 bits per heavy atom. The molecule has 5 nitrogen and oxygen atoms in total. The number of methoxy groups -OCH3 is 1. The van der Waals surface area contributed by atoms with Crippen LogP contribution in [0.3, 0.4) is 0 Å². The minimum atomic E-state index is 0.298. The molecule has 0 saturated carbocycles. The lowest BCUT2D eigenvalue weighted by molar-refractivity contribution is 0.112. The summed E-state index contributed by atoms with van der Waals surface area (Å²) in [4.78, 5) is 10.7. The highest BCUT2D eigenvalue weighted by molar-refractivity contribution is 5.76. The summed E-state index contributed by atoms with van der Waals surface area (Å²) in [5.74, 6) is 1.44. The van der Waals surface area contributed by atoms with Gasteiger partial charge in [0.25, 0.3) is 5.88 Å². The summed E-state index contributed by atoms with van der Waals surface area (Å²) in [5, 5.41) is 8.26. The van der Waals surface area contributed by atoms with Gasteiger partial charge in [-0.15, -0.1) is 10.2 Å². The second-order valence-electron chi connectivity index (χ2n) is 4.76. The second kappa shape index (κ2) is 6.70. The molecule has 0 fully saturated rings. The van der Waals surface area contributed by atoms with Crippen LogP contribution < -0.4 is 9.47 Å². The van der Waals surface area contributed by atoms with Crippen LogP contribution in [-0.4, -0.2) is 23.6 Å². The minimum Gasteiger partial charge on any atom is -0.491 e. The highest BCUT2D eigenvalue weighted by atomic mass is 16.5. The van der Waals surface area contributed by atoms with Gasteiger partial charge in [0.2, 0.25) is 0 Å². The van der Waals surface area contributed by atoms with Gasteiger partial charge >= 0.3 is 0 Å². The summed E-state index contributed by atoms with van der Waals surface area (Å²) < 4.78 is 11.0. The molecule has 1 aromatic heterocycles. The maximum absolute atomic E-state index is 10.7. The van der Waals surface area contributed by atoms with Gasteiger partial charge in [0.15, 0.2) is 5.75 Å². The Bertz CT molecular complexity index is 802. The Kier molecular flexibility index (Phi) is 4.29. The van der Waals surface area contributed by atoms with Crippen molar-refractivity contribution in [1.29, 1.82) is 0 Å². The normalized spacial score (nSPS) is 10.1. The number of aromatic nitrogens is 2. The standard InChI is InChI=1S/C18H14N2O3/c1-22-17-11-16(14-9-7-13(12-21)8-10-14)19-20-18(17)23-15-5-3-2-4-6-15/h2-12H,1H3. The molecular formula is C18H14N2O3. The van der Waals surface area contributed by atoms with E-state index in [0.717, 1.165) is 11.8 Å². The summed E-state index contributed by atoms with van der Waals surface area (Å²) in [6.07, 6.45) is 0.798. The van der Waals surface area contributed by atoms with Gasteiger partial charge in [-0.1, -0.05) is 42.5 Å². The zero-order valence-electron chi connectivity index (χ0n) is 12.5. The molecule has 1 heterocycles. The van der Waals surface area contributed by atoms with E-state index in [4.69, 9.17) is 9.47 Å². The number of rotatable bonds is 5. The van der Waals surface area contributed by atoms with Crippen molar-refractivity contribution in [3.8, 4) is 28.6 Å². The van der Waals surface area contributed by atoms with Crippen LogP contribution in [-0.2, 0) is 0 Å². The monoisotopic (exact) mass is 306 g/mol. The predicted octanol–water partition coefficient (Wildman–Crippen LogP) is 3.76. The Morgan fingerprint density at radius 2 is 1.70 bits per heavy atom. The van der Waals surface area contributed by atoms with Gasteiger partial charge in [0, 0.05) is 17.2 Å². The molecule has 0 radical (unpaired) electrons. The molecule has 3 aromatic rings. The Balaban J connectivity index is 1.91. The maximum Gasteiger partial charge on any atom is 0.281 e. The van der Waals surface area contributed by atoms with Crippen molar-refractivity contribution in [3.63, 3.8) is 0 Å². The van der Waals surface area contributed by atoms with Crippen LogP contribution >= 0.6 is 0 Å². The molecule has 0 spiro atoms. The molecule has 0 bridgehead atoms. The Labute approximate surface area is 133 Å². The van der Waals surface area contributed by atoms with Crippen LogP contribution in [0.25, 0.3) is 11.3 Å². The molecule has 0 unspecified atom stereocenters. The third-order valence-electron chi connectivity index (χ3n) is 3.25. The molecule has 5 heteroatoms. The molecular weight excluding hydrogens is 292 g/mol. The first-order valence-electron chi connectivity index (χ1n) is 7.00. The van der Waals surface area contributed by atoms with Gasteiger partial charge in [0.1, 0.15) is 12.0 Å². The number of carbonyl (C=O) groups excluding carboxylic acids is 1. The number of para-hydroxylation sites is 1. The molecule has 0 amide bonds. The number of aldehydes is 1. The van der Waals surface area contributed by atoms with Gasteiger partial charge in [0.05, 0.1) is 12.8 Å². The van der Waals surface area contributed by atoms with Gasteiger partial charge in [-0.25, -0.2) is 0 Å². The summed E-state index contributed by atoms with van der Waals surface area (Å²) in [5.41, 5.74) is 2.09. The van der Waals surface area contributed by atoms with Crippen molar-refractivity contribution in [2.24, 2.45) is 0 Å². The van der Waals surface area contributed by atoms with Crippen molar-refractivity contribution < 1.29 is 14.3 Å². The van der Waals surface area contributed by atoms with E-state index in [2.05, 4.69) is 10.2 Å². The average Bonchev–Trinajstić information content (AvgIpc) is 2.63.